The zero-order chi connectivity index (χ0) is 12.2. The summed E-state index contributed by atoms with van der Waals surface area (Å²) in [5, 5.41) is 4.62. The fourth-order valence-electron chi connectivity index (χ4n) is 1.87. The maximum atomic E-state index is 11.6. The lowest BCUT2D eigenvalue weighted by molar-refractivity contribution is 0.519. The van der Waals surface area contributed by atoms with Gasteiger partial charge in [0.05, 0.1) is 0 Å². The lowest BCUT2D eigenvalue weighted by atomic mass is 9.97. The molecule has 2 N–H and O–H groups in total. The number of hydrogen-bond acceptors (Lipinski definition) is 2. The van der Waals surface area contributed by atoms with Crippen molar-refractivity contribution in [2.24, 2.45) is 11.1 Å². The van der Waals surface area contributed by atoms with Crippen LogP contribution < -0.4 is 5.14 Å². The minimum absolute atomic E-state index is 0.0742. The van der Waals surface area contributed by atoms with Crippen molar-refractivity contribution in [1.29, 1.82) is 0 Å². The molecule has 0 saturated heterocycles. The van der Waals surface area contributed by atoms with E-state index in [2.05, 4.69) is 6.58 Å². The molecule has 0 aliphatic heterocycles. The standard InChI is InChI=1S/C12H17NO2S/c1-3-7-10(2)12(16(13,14)15)11-8-5-4-6-9-11/h3-6,8-10,12H,1,7H2,2H3,(H2,13,14,15)/t10-,12+/m0/s1. The Labute approximate surface area is 97.0 Å². The van der Waals surface area contributed by atoms with Crippen LogP contribution in [0.1, 0.15) is 24.2 Å². The first-order valence-corrected chi connectivity index (χ1v) is 6.75. The molecule has 0 amide bonds. The first kappa shape index (κ1) is 12.9. The summed E-state index contributed by atoms with van der Waals surface area (Å²) in [7, 11) is -3.59. The van der Waals surface area contributed by atoms with Crippen molar-refractivity contribution < 1.29 is 8.42 Å². The molecule has 0 saturated carbocycles. The Morgan fingerprint density at radius 2 is 1.94 bits per heavy atom. The van der Waals surface area contributed by atoms with Crippen LogP contribution >= 0.6 is 0 Å². The summed E-state index contributed by atoms with van der Waals surface area (Å²) >= 11 is 0. The molecule has 0 unspecified atom stereocenters. The van der Waals surface area contributed by atoms with Crippen LogP contribution in [0.25, 0.3) is 0 Å². The molecule has 1 aromatic carbocycles. The molecular formula is C12H17NO2S. The first-order valence-electron chi connectivity index (χ1n) is 5.14. The van der Waals surface area contributed by atoms with Gasteiger partial charge < -0.3 is 0 Å². The lowest BCUT2D eigenvalue weighted by Gasteiger charge is -2.21. The quantitative estimate of drug-likeness (QED) is 0.801. The van der Waals surface area contributed by atoms with Crippen molar-refractivity contribution in [2.75, 3.05) is 0 Å². The van der Waals surface area contributed by atoms with Crippen molar-refractivity contribution in [3.63, 3.8) is 0 Å². The number of nitrogens with two attached hydrogens (primary N) is 1. The highest BCUT2D eigenvalue weighted by atomic mass is 32.2. The summed E-state index contributed by atoms with van der Waals surface area (Å²) in [6.45, 7) is 5.49. The Morgan fingerprint density at radius 3 is 2.38 bits per heavy atom. The zero-order valence-electron chi connectivity index (χ0n) is 9.34. The van der Waals surface area contributed by atoms with Crippen LogP contribution in [0, 0.1) is 5.92 Å². The fourth-order valence-corrected chi connectivity index (χ4v) is 3.17. The van der Waals surface area contributed by atoms with Crippen molar-refractivity contribution in [1.82, 2.24) is 0 Å². The number of sulfonamides is 1. The molecule has 0 spiro atoms. The number of primary sulfonamides is 1. The van der Waals surface area contributed by atoms with Gasteiger partial charge in [0.1, 0.15) is 5.25 Å². The maximum Gasteiger partial charge on any atom is 0.216 e. The van der Waals surface area contributed by atoms with Crippen molar-refractivity contribution >= 4 is 10.0 Å². The minimum atomic E-state index is -3.59. The average Bonchev–Trinajstić information content (AvgIpc) is 2.17. The average molecular weight is 239 g/mol. The Hall–Kier alpha value is -1.13. The lowest BCUT2D eigenvalue weighted by Crippen LogP contribution is -2.26. The van der Waals surface area contributed by atoms with E-state index >= 15 is 0 Å². The van der Waals surface area contributed by atoms with Crippen LogP contribution in [-0.2, 0) is 10.0 Å². The summed E-state index contributed by atoms with van der Waals surface area (Å²) < 4.78 is 23.2. The van der Waals surface area contributed by atoms with E-state index in [0.29, 0.717) is 6.42 Å². The molecule has 0 aromatic heterocycles. The zero-order valence-corrected chi connectivity index (χ0v) is 10.2. The molecule has 16 heavy (non-hydrogen) atoms. The molecule has 0 radical (unpaired) electrons. The second kappa shape index (κ2) is 5.27. The van der Waals surface area contributed by atoms with E-state index in [1.165, 1.54) is 0 Å². The van der Waals surface area contributed by atoms with E-state index in [4.69, 9.17) is 5.14 Å². The predicted octanol–water partition coefficient (Wildman–Crippen LogP) is 2.23. The Kier molecular flexibility index (Phi) is 4.26. The Bertz CT molecular complexity index is 439. The minimum Gasteiger partial charge on any atom is -0.228 e. The normalized spacial score (nSPS) is 15.4. The second-order valence-corrected chi connectivity index (χ2v) is 5.61. The van der Waals surface area contributed by atoms with Gasteiger partial charge in [-0.3, -0.25) is 0 Å². The molecule has 0 aliphatic rings. The van der Waals surface area contributed by atoms with Gasteiger partial charge >= 0.3 is 0 Å². The van der Waals surface area contributed by atoms with Crippen molar-refractivity contribution in [2.45, 2.75) is 18.6 Å². The van der Waals surface area contributed by atoms with Crippen LogP contribution in [0.5, 0.6) is 0 Å². The molecule has 88 valence electrons. The topological polar surface area (TPSA) is 60.2 Å². The van der Waals surface area contributed by atoms with E-state index in [1.807, 2.05) is 25.1 Å². The summed E-state index contributed by atoms with van der Waals surface area (Å²) in [4.78, 5) is 0. The summed E-state index contributed by atoms with van der Waals surface area (Å²) in [5.74, 6) is -0.0742. The van der Waals surface area contributed by atoms with Crippen LogP contribution in [0.15, 0.2) is 43.0 Å². The summed E-state index contributed by atoms with van der Waals surface area (Å²) in [6.07, 6.45) is 2.34. The van der Waals surface area contributed by atoms with Gasteiger partial charge in [0.25, 0.3) is 0 Å². The van der Waals surface area contributed by atoms with E-state index < -0.39 is 15.3 Å². The third-order valence-corrected chi connectivity index (χ3v) is 3.98. The van der Waals surface area contributed by atoms with Crippen LogP contribution in [0.4, 0.5) is 0 Å². The van der Waals surface area contributed by atoms with Crippen LogP contribution in [-0.4, -0.2) is 8.42 Å². The third-order valence-electron chi connectivity index (χ3n) is 2.54. The number of benzene rings is 1. The molecule has 2 atom stereocenters. The van der Waals surface area contributed by atoms with E-state index in [1.54, 1.807) is 18.2 Å². The van der Waals surface area contributed by atoms with Gasteiger partial charge in [-0.2, -0.15) is 0 Å². The van der Waals surface area contributed by atoms with Gasteiger partial charge in [-0.15, -0.1) is 6.58 Å². The third kappa shape index (κ3) is 3.18. The molecular weight excluding hydrogens is 222 g/mol. The van der Waals surface area contributed by atoms with Crippen molar-refractivity contribution in [3.8, 4) is 0 Å². The van der Waals surface area contributed by atoms with Crippen LogP contribution in [0.2, 0.25) is 0 Å². The summed E-state index contributed by atoms with van der Waals surface area (Å²) in [6, 6.07) is 9.05. The van der Waals surface area contributed by atoms with E-state index in [9.17, 15) is 8.42 Å². The molecule has 1 rings (SSSR count). The SMILES string of the molecule is C=CC[C@H](C)[C@H](c1ccccc1)S(N)(=O)=O. The van der Waals surface area contributed by atoms with Crippen LogP contribution in [0.3, 0.4) is 0 Å². The highest BCUT2D eigenvalue weighted by Gasteiger charge is 2.28. The largest absolute Gasteiger partial charge is 0.228 e. The van der Waals surface area contributed by atoms with Gasteiger partial charge in [0.15, 0.2) is 0 Å². The smallest absolute Gasteiger partial charge is 0.216 e. The molecule has 0 heterocycles. The highest BCUT2D eigenvalue weighted by Crippen LogP contribution is 2.30. The van der Waals surface area contributed by atoms with E-state index in [-0.39, 0.29) is 5.92 Å². The predicted molar refractivity (Wildman–Crippen MR) is 66.3 cm³/mol. The van der Waals surface area contributed by atoms with Gasteiger partial charge in [0.2, 0.25) is 10.0 Å². The fraction of sp³-hybridized carbons (Fsp3) is 0.333. The molecule has 0 fully saturated rings. The molecule has 4 heteroatoms. The summed E-state index contributed by atoms with van der Waals surface area (Å²) in [5.41, 5.74) is 0.736. The van der Waals surface area contributed by atoms with E-state index in [0.717, 1.165) is 5.56 Å². The van der Waals surface area contributed by atoms with Crippen molar-refractivity contribution in [3.05, 3.63) is 48.6 Å². The molecule has 0 bridgehead atoms. The molecule has 0 aliphatic carbocycles. The highest BCUT2D eigenvalue weighted by molar-refractivity contribution is 7.89. The number of hydrogen-bond donors (Lipinski definition) is 1. The van der Waals surface area contributed by atoms with Gasteiger partial charge in [-0.25, -0.2) is 13.6 Å². The Balaban J connectivity index is 3.12. The van der Waals surface area contributed by atoms with Gasteiger partial charge in [-0.05, 0) is 17.9 Å². The molecule has 1 aromatic rings. The monoisotopic (exact) mass is 239 g/mol. The van der Waals surface area contributed by atoms with Gasteiger partial charge in [-0.1, -0.05) is 43.3 Å². The maximum absolute atomic E-state index is 11.6. The van der Waals surface area contributed by atoms with Gasteiger partial charge in [0, 0.05) is 0 Å². The Morgan fingerprint density at radius 1 is 1.38 bits per heavy atom. The number of allylic oxidation sites excluding steroid dienone is 1. The number of rotatable bonds is 5. The second-order valence-electron chi connectivity index (χ2n) is 3.92. The first-order chi connectivity index (χ1) is 7.46. The molecule has 3 nitrogen and oxygen atoms in total.